The van der Waals surface area contributed by atoms with Gasteiger partial charge in [-0.25, -0.2) is 8.42 Å². The molecule has 1 fully saturated rings. The fraction of sp³-hybridized carbons (Fsp3) is 0.588. The van der Waals surface area contributed by atoms with Crippen LogP contribution in [0.3, 0.4) is 0 Å². The van der Waals surface area contributed by atoms with E-state index in [1.54, 1.807) is 18.2 Å². The summed E-state index contributed by atoms with van der Waals surface area (Å²) >= 11 is 0. The molecule has 1 aromatic rings. The van der Waals surface area contributed by atoms with Crippen molar-refractivity contribution < 1.29 is 13.2 Å². The molecule has 1 atom stereocenters. The molecule has 1 aliphatic heterocycles. The van der Waals surface area contributed by atoms with Crippen molar-refractivity contribution in [3.8, 4) is 0 Å². The molecule has 5 nitrogen and oxygen atoms in total. The Kier molecular flexibility index (Phi) is 4.23. The minimum Gasteiger partial charge on any atom is -0.309 e. The summed E-state index contributed by atoms with van der Waals surface area (Å²) in [7, 11) is -3.45. The SMILES string of the molecule is CCN(CC)S(=O)(=O)c1ccc2c(c1)CC(C)N2C(=O)C1CC1. The molecule has 0 aromatic heterocycles. The number of anilines is 1. The van der Waals surface area contributed by atoms with Gasteiger partial charge < -0.3 is 4.90 Å². The molecular weight excluding hydrogens is 312 g/mol. The van der Waals surface area contributed by atoms with Crippen molar-refractivity contribution in [3.63, 3.8) is 0 Å². The van der Waals surface area contributed by atoms with Gasteiger partial charge >= 0.3 is 0 Å². The number of carbonyl (C=O) groups excluding carboxylic acids is 1. The number of hydrogen-bond donors (Lipinski definition) is 0. The lowest BCUT2D eigenvalue weighted by molar-refractivity contribution is -0.120. The maximum Gasteiger partial charge on any atom is 0.243 e. The largest absolute Gasteiger partial charge is 0.309 e. The summed E-state index contributed by atoms with van der Waals surface area (Å²) in [5.41, 5.74) is 1.84. The van der Waals surface area contributed by atoms with Gasteiger partial charge in [0.2, 0.25) is 15.9 Å². The minimum atomic E-state index is -3.45. The van der Waals surface area contributed by atoms with E-state index < -0.39 is 10.0 Å². The van der Waals surface area contributed by atoms with Gasteiger partial charge in [-0.15, -0.1) is 0 Å². The van der Waals surface area contributed by atoms with E-state index >= 15 is 0 Å². The third-order valence-corrected chi connectivity index (χ3v) is 6.82. The predicted octanol–water partition coefficient (Wildman–Crippen LogP) is 2.40. The molecule has 0 saturated heterocycles. The number of amides is 1. The average molecular weight is 336 g/mol. The van der Waals surface area contributed by atoms with Crippen molar-refractivity contribution >= 4 is 21.6 Å². The van der Waals surface area contributed by atoms with Crippen LogP contribution in [-0.4, -0.2) is 37.8 Å². The maximum atomic E-state index is 12.7. The van der Waals surface area contributed by atoms with Crippen molar-refractivity contribution in [2.24, 2.45) is 5.92 Å². The van der Waals surface area contributed by atoms with Gasteiger partial charge in [-0.05, 0) is 49.9 Å². The summed E-state index contributed by atoms with van der Waals surface area (Å²) in [6.45, 7) is 6.62. The van der Waals surface area contributed by atoms with E-state index in [0.717, 1.165) is 30.5 Å². The lowest BCUT2D eigenvalue weighted by atomic mass is 10.1. The summed E-state index contributed by atoms with van der Waals surface area (Å²) in [6, 6.07) is 5.29. The number of benzene rings is 1. The molecule has 0 bridgehead atoms. The van der Waals surface area contributed by atoms with Crippen LogP contribution in [0.4, 0.5) is 5.69 Å². The summed E-state index contributed by atoms with van der Waals surface area (Å²) in [5.74, 6) is 0.359. The number of sulfonamides is 1. The van der Waals surface area contributed by atoms with Crippen LogP contribution < -0.4 is 4.90 Å². The highest BCUT2D eigenvalue weighted by molar-refractivity contribution is 7.89. The third-order valence-electron chi connectivity index (χ3n) is 4.77. The quantitative estimate of drug-likeness (QED) is 0.830. The monoisotopic (exact) mass is 336 g/mol. The highest BCUT2D eigenvalue weighted by Crippen LogP contribution is 2.39. The van der Waals surface area contributed by atoms with Crippen LogP contribution in [-0.2, 0) is 21.2 Å². The number of hydrogen-bond acceptors (Lipinski definition) is 3. The highest BCUT2D eigenvalue weighted by atomic mass is 32.2. The molecule has 3 rings (SSSR count). The second-order valence-corrected chi connectivity index (χ2v) is 8.35. The Morgan fingerprint density at radius 1 is 1.26 bits per heavy atom. The van der Waals surface area contributed by atoms with E-state index in [1.807, 2.05) is 25.7 Å². The van der Waals surface area contributed by atoms with Crippen LogP contribution in [0.15, 0.2) is 23.1 Å². The molecule has 1 unspecified atom stereocenters. The molecule has 1 aliphatic carbocycles. The number of rotatable bonds is 5. The van der Waals surface area contributed by atoms with Gasteiger partial charge in [0.1, 0.15) is 0 Å². The minimum absolute atomic E-state index is 0.101. The first-order valence-corrected chi connectivity index (χ1v) is 9.80. The summed E-state index contributed by atoms with van der Waals surface area (Å²) in [6.07, 6.45) is 2.67. The van der Waals surface area contributed by atoms with Gasteiger partial charge in [-0.3, -0.25) is 4.79 Å². The molecule has 0 spiro atoms. The van der Waals surface area contributed by atoms with Gasteiger partial charge in [0.05, 0.1) is 4.90 Å². The Balaban J connectivity index is 1.95. The van der Waals surface area contributed by atoms with E-state index in [4.69, 9.17) is 0 Å². The van der Waals surface area contributed by atoms with E-state index in [1.165, 1.54) is 4.31 Å². The van der Waals surface area contributed by atoms with Crippen molar-refractivity contribution in [1.29, 1.82) is 0 Å². The normalized spacial score (nSPS) is 20.9. The van der Waals surface area contributed by atoms with E-state index in [9.17, 15) is 13.2 Å². The van der Waals surface area contributed by atoms with Crippen LogP contribution in [0.2, 0.25) is 0 Å². The zero-order valence-corrected chi connectivity index (χ0v) is 14.8. The van der Waals surface area contributed by atoms with Crippen molar-refractivity contribution in [1.82, 2.24) is 4.31 Å². The Hall–Kier alpha value is -1.40. The molecule has 6 heteroatoms. The zero-order chi connectivity index (χ0) is 16.8. The second-order valence-electron chi connectivity index (χ2n) is 6.42. The molecular formula is C17H24N2O3S. The van der Waals surface area contributed by atoms with Crippen LogP contribution >= 0.6 is 0 Å². The van der Waals surface area contributed by atoms with Gasteiger partial charge in [0.25, 0.3) is 0 Å². The molecule has 1 heterocycles. The van der Waals surface area contributed by atoms with E-state index in [2.05, 4.69) is 0 Å². The van der Waals surface area contributed by atoms with Crippen LogP contribution in [0.25, 0.3) is 0 Å². The Labute approximate surface area is 138 Å². The number of carbonyl (C=O) groups is 1. The van der Waals surface area contributed by atoms with Gasteiger partial charge in [0.15, 0.2) is 0 Å². The lowest BCUT2D eigenvalue weighted by Crippen LogP contribution is -2.36. The van der Waals surface area contributed by atoms with E-state index in [0.29, 0.717) is 18.0 Å². The standard InChI is InChI=1S/C17H24N2O3S/c1-4-18(5-2)23(21,22)15-8-9-16-14(11-15)10-12(3)19(16)17(20)13-6-7-13/h8-9,11-13H,4-7,10H2,1-3H3. The topological polar surface area (TPSA) is 57.7 Å². The van der Waals surface area contributed by atoms with Gasteiger partial charge in [0, 0.05) is 30.7 Å². The van der Waals surface area contributed by atoms with Crippen molar-refractivity contribution in [3.05, 3.63) is 23.8 Å². The molecule has 126 valence electrons. The molecule has 0 radical (unpaired) electrons. The summed E-state index contributed by atoms with van der Waals surface area (Å²) in [5, 5.41) is 0. The Morgan fingerprint density at radius 3 is 2.48 bits per heavy atom. The average Bonchev–Trinajstić information content (AvgIpc) is 3.29. The van der Waals surface area contributed by atoms with E-state index in [-0.39, 0.29) is 17.9 Å². The van der Waals surface area contributed by atoms with Crippen LogP contribution in [0, 0.1) is 5.92 Å². The first kappa shape index (κ1) is 16.5. The second kappa shape index (κ2) is 5.91. The molecule has 23 heavy (non-hydrogen) atoms. The van der Waals surface area contributed by atoms with Crippen molar-refractivity contribution in [2.75, 3.05) is 18.0 Å². The number of nitrogens with zero attached hydrogens (tertiary/aromatic N) is 2. The van der Waals surface area contributed by atoms with Gasteiger partial charge in [-0.2, -0.15) is 4.31 Å². The molecule has 2 aliphatic rings. The summed E-state index contributed by atoms with van der Waals surface area (Å²) in [4.78, 5) is 14.7. The molecule has 1 saturated carbocycles. The molecule has 1 aromatic carbocycles. The van der Waals surface area contributed by atoms with Crippen LogP contribution in [0.5, 0.6) is 0 Å². The van der Waals surface area contributed by atoms with Crippen LogP contribution in [0.1, 0.15) is 39.2 Å². The maximum absolute atomic E-state index is 12.7. The fourth-order valence-corrected chi connectivity index (χ4v) is 4.85. The molecule has 1 amide bonds. The zero-order valence-electron chi connectivity index (χ0n) is 13.9. The van der Waals surface area contributed by atoms with Crippen molar-refractivity contribution in [2.45, 2.75) is 51.0 Å². The highest BCUT2D eigenvalue weighted by Gasteiger charge is 2.39. The Bertz CT molecular complexity index is 721. The lowest BCUT2D eigenvalue weighted by Gasteiger charge is -2.23. The number of fused-ring (bicyclic) bond motifs is 1. The summed E-state index contributed by atoms with van der Waals surface area (Å²) < 4.78 is 26.8. The van der Waals surface area contributed by atoms with Gasteiger partial charge in [-0.1, -0.05) is 13.8 Å². The third kappa shape index (κ3) is 2.78. The first-order chi connectivity index (χ1) is 10.9. The smallest absolute Gasteiger partial charge is 0.243 e. The first-order valence-electron chi connectivity index (χ1n) is 8.36. The Morgan fingerprint density at radius 2 is 1.91 bits per heavy atom. The predicted molar refractivity (Wildman–Crippen MR) is 89.9 cm³/mol. The molecule has 0 N–H and O–H groups in total. The fourth-order valence-electron chi connectivity index (χ4n) is 3.34.